The highest BCUT2D eigenvalue weighted by Crippen LogP contribution is 2.39. The third-order valence-electron chi connectivity index (χ3n) is 6.89. The van der Waals surface area contributed by atoms with E-state index in [1.807, 2.05) is 0 Å². The molecule has 3 unspecified atom stereocenters. The second-order valence-electron chi connectivity index (χ2n) is 9.83. The maximum atomic E-state index is 13.6. The van der Waals surface area contributed by atoms with Gasteiger partial charge in [0.05, 0.1) is 11.4 Å². The zero-order valence-corrected chi connectivity index (χ0v) is 20.6. The third-order valence-corrected chi connectivity index (χ3v) is 6.89. The number of aliphatic imine (C=N–C) groups is 1. The second-order valence-corrected chi connectivity index (χ2v) is 9.83. The van der Waals surface area contributed by atoms with Crippen LogP contribution in [0.4, 0.5) is 23.2 Å². The van der Waals surface area contributed by atoms with E-state index >= 15 is 0 Å². The van der Waals surface area contributed by atoms with E-state index in [0.29, 0.717) is 22.4 Å². The molecule has 0 radical (unpaired) electrons. The normalized spacial score (nSPS) is 18.9. The molecule has 3 atom stereocenters. The number of hydrogen-bond donors (Lipinski definition) is 3. The first-order chi connectivity index (χ1) is 17.9. The molecule has 0 saturated heterocycles. The van der Waals surface area contributed by atoms with Gasteiger partial charge in [-0.05, 0) is 55.5 Å². The number of nitrogens with zero attached hydrogens (tertiary/aromatic N) is 1. The van der Waals surface area contributed by atoms with Gasteiger partial charge in [-0.25, -0.2) is 9.38 Å². The van der Waals surface area contributed by atoms with E-state index in [4.69, 9.17) is 5.73 Å². The Morgan fingerprint density at radius 2 is 1.82 bits per heavy atom. The van der Waals surface area contributed by atoms with Crippen LogP contribution in [-0.2, 0) is 14.4 Å². The van der Waals surface area contributed by atoms with Crippen LogP contribution in [0.15, 0.2) is 47.5 Å². The lowest BCUT2D eigenvalue weighted by atomic mass is 9.83. The van der Waals surface area contributed by atoms with Crippen molar-refractivity contribution in [3.63, 3.8) is 0 Å². The fraction of sp³-hybridized carbons (Fsp3) is 0.407. The molecule has 1 aliphatic carbocycles. The molecule has 0 bridgehead atoms. The molecule has 7 nitrogen and oxygen atoms in total. The van der Waals surface area contributed by atoms with Crippen molar-refractivity contribution in [2.75, 3.05) is 5.32 Å². The lowest BCUT2D eigenvalue weighted by Crippen LogP contribution is -2.48. The summed E-state index contributed by atoms with van der Waals surface area (Å²) in [6, 6.07) is 10.6. The molecular weight excluding hydrogens is 504 g/mol. The summed E-state index contributed by atoms with van der Waals surface area (Å²) in [5.41, 5.74) is 7.94. The number of para-hydroxylation sites is 1. The van der Waals surface area contributed by atoms with Crippen molar-refractivity contribution in [3.8, 4) is 0 Å². The predicted octanol–water partition coefficient (Wildman–Crippen LogP) is 4.23. The highest BCUT2D eigenvalue weighted by molar-refractivity contribution is 6.20. The molecule has 4 N–H and O–H groups in total. The molecule has 1 aliphatic heterocycles. The number of aryl methyl sites for hydroxylation is 1. The van der Waals surface area contributed by atoms with Crippen LogP contribution in [0.25, 0.3) is 0 Å². The maximum Gasteiger partial charge on any atom is 0.389 e. The number of carbonyl (C=O) groups excluding carboxylic acids is 3. The number of halogens is 4. The number of benzene rings is 2. The van der Waals surface area contributed by atoms with Gasteiger partial charge in [-0.15, -0.1) is 0 Å². The molecule has 4 rings (SSSR count). The highest BCUT2D eigenvalue weighted by Gasteiger charge is 2.41. The van der Waals surface area contributed by atoms with E-state index < -0.39 is 60.6 Å². The van der Waals surface area contributed by atoms with Gasteiger partial charge in [-0.3, -0.25) is 14.4 Å². The fourth-order valence-corrected chi connectivity index (χ4v) is 4.68. The Morgan fingerprint density at radius 1 is 1.13 bits per heavy atom. The molecular formula is C27H28F4N4O3. The topological polar surface area (TPSA) is 114 Å². The minimum absolute atomic E-state index is 0.121. The van der Waals surface area contributed by atoms with E-state index in [1.165, 1.54) is 24.3 Å². The van der Waals surface area contributed by atoms with Gasteiger partial charge in [-0.2, -0.15) is 13.2 Å². The van der Waals surface area contributed by atoms with E-state index in [0.717, 1.165) is 12.8 Å². The molecule has 0 spiro atoms. The monoisotopic (exact) mass is 532 g/mol. The number of benzodiazepines with no additional fused rings is 1. The zero-order chi connectivity index (χ0) is 27.6. The Balaban J connectivity index is 1.69. The van der Waals surface area contributed by atoms with Gasteiger partial charge in [0.2, 0.25) is 18.0 Å². The van der Waals surface area contributed by atoms with Crippen molar-refractivity contribution in [2.45, 2.75) is 51.4 Å². The quantitative estimate of drug-likeness (QED) is 0.420. The summed E-state index contributed by atoms with van der Waals surface area (Å²) in [4.78, 5) is 43.2. The molecule has 0 aromatic heterocycles. The van der Waals surface area contributed by atoms with E-state index in [2.05, 4.69) is 15.6 Å². The summed E-state index contributed by atoms with van der Waals surface area (Å²) in [6.07, 6.45) is -6.18. The molecule has 1 saturated carbocycles. The van der Waals surface area contributed by atoms with Crippen LogP contribution in [0.2, 0.25) is 0 Å². The largest absolute Gasteiger partial charge is 0.389 e. The van der Waals surface area contributed by atoms with Gasteiger partial charge in [-0.1, -0.05) is 31.0 Å². The second kappa shape index (κ2) is 10.9. The Bertz CT molecular complexity index is 1260. The average Bonchev–Trinajstić information content (AvgIpc) is 3.67. The number of hydrogen-bond acceptors (Lipinski definition) is 4. The first kappa shape index (κ1) is 27.3. The highest BCUT2D eigenvalue weighted by atomic mass is 19.4. The summed E-state index contributed by atoms with van der Waals surface area (Å²) >= 11 is 0. The van der Waals surface area contributed by atoms with E-state index in [1.54, 1.807) is 25.1 Å². The number of amides is 3. The first-order valence-electron chi connectivity index (χ1n) is 12.3. The van der Waals surface area contributed by atoms with E-state index in [9.17, 15) is 31.9 Å². The van der Waals surface area contributed by atoms with Gasteiger partial charge in [0.25, 0.3) is 5.91 Å². The summed E-state index contributed by atoms with van der Waals surface area (Å²) in [5, 5.41) is 5.18. The standard InChI is InChI=1S/C27H28F4N4O3/c1-14-3-2-4-19-21(14)34-26(38)24(33-22(19)16-7-9-17(28)10-8-16)35-25(37)18(11-12-27(29,30)31)20(23(32)36)13-15-5-6-15/h2-4,7-10,15,18,20,24H,5-6,11-13H2,1H3,(H2,32,36)(H,34,38)(H,35,37). The number of primary amides is 1. The molecule has 3 amide bonds. The average molecular weight is 533 g/mol. The number of alkyl halides is 3. The van der Waals surface area contributed by atoms with Gasteiger partial charge in [0, 0.05) is 29.4 Å². The van der Waals surface area contributed by atoms with Gasteiger partial charge < -0.3 is 16.4 Å². The Kier molecular flexibility index (Phi) is 7.84. The molecule has 2 aliphatic rings. The van der Waals surface area contributed by atoms with Crippen molar-refractivity contribution in [1.82, 2.24) is 5.32 Å². The van der Waals surface area contributed by atoms with Crippen LogP contribution in [0.3, 0.4) is 0 Å². The van der Waals surface area contributed by atoms with Crippen molar-refractivity contribution in [3.05, 3.63) is 65.0 Å². The Labute approximate surface area is 216 Å². The minimum atomic E-state index is -4.55. The molecule has 1 fully saturated rings. The summed E-state index contributed by atoms with van der Waals surface area (Å²) in [7, 11) is 0. The summed E-state index contributed by atoms with van der Waals surface area (Å²) < 4.78 is 52.9. The number of nitrogens with one attached hydrogen (secondary N) is 2. The van der Waals surface area contributed by atoms with Crippen molar-refractivity contribution >= 4 is 29.1 Å². The minimum Gasteiger partial charge on any atom is -0.369 e. The van der Waals surface area contributed by atoms with Gasteiger partial charge in [0.1, 0.15) is 5.82 Å². The Hall–Kier alpha value is -3.76. The molecule has 202 valence electrons. The Morgan fingerprint density at radius 3 is 2.42 bits per heavy atom. The van der Waals surface area contributed by atoms with Crippen molar-refractivity contribution in [2.24, 2.45) is 28.5 Å². The number of rotatable bonds is 9. The van der Waals surface area contributed by atoms with Crippen molar-refractivity contribution in [1.29, 1.82) is 0 Å². The summed E-state index contributed by atoms with van der Waals surface area (Å²) in [6.45, 7) is 1.77. The third kappa shape index (κ3) is 6.56. The number of carbonyl (C=O) groups is 3. The molecule has 2 aromatic rings. The van der Waals surface area contributed by atoms with Crippen molar-refractivity contribution < 1.29 is 31.9 Å². The number of anilines is 1. The SMILES string of the molecule is Cc1cccc2c1NC(=O)C(NC(=O)C(CCC(F)(F)F)C(CC1CC1)C(N)=O)N=C2c1ccc(F)cc1. The first-order valence-corrected chi connectivity index (χ1v) is 12.3. The molecule has 2 aromatic carbocycles. The smallest absolute Gasteiger partial charge is 0.369 e. The molecule has 11 heteroatoms. The predicted molar refractivity (Wildman–Crippen MR) is 133 cm³/mol. The molecule has 38 heavy (non-hydrogen) atoms. The van der Waals surface area contributed by atoms with E-state index in [-0.39, 0.29) is 18.1 Å². The number of nitrogens with two attached hydrogens (primary N) is 1. The van der Waals surface area contributed by atoms with Crippen LogP contribution >= 0.6 is 0 Å². The van der Waals surface area contributed by atoms with Crippen LogP contribution < -0.4 is 16.4 Å². The summed E-state index contributed by atoms with van der Waals surface area (Å²) in [5.74, 6) is -5.34. The van der Waals surface area contributed by atoms with Gasteiger partial charge in [0.15, 0.2) is 0 Å². The van der Waals surface area contributed by atoms with Crippen LogP contribution in [0.5, 0.6) is 0 Å². The molecule has 1 heterocycles. The van der Waals surface area contributed by atoms with Crippen LogP contribution in [0.1, 0.15) is 48.8 Å². The lowest BCUT2D eigenvalue weighted by Gasteiger charge is -2.26. The number of fused-ring (bicyclic) bond motifs is 1. The zero-order valence-electron chi connectivity index (χ0n) is 20.6. The van der Waals surface area contributed by atoms with Crippen LogP contribution in [-0.4, -0.2) is 35.8 Å². The lowest BCUT2D eigenvalue weighted by molar-refractivity contribution is -0.146. The van der Waals surface area contributed by atoms with Gasteiger partial charge >= 0.3 is 6.18 Å². The fourth-order valence-electron chi connectivity index (χ4n) is 4.68. The maximum absolute atomic E-state index is 13.6. The van der Waals surface area contributed by atoms with Crippen LogP contribution in [0, 0.1) is 30.5 Å².